The number of rotatable bonds is 6. The lowest BCUT2D eigenvalue weighted by Gasteiger charge is -2.35. The summed E-state index contributed by atoms with van der Waals surface area (Å²) in [5.74, 6) is -0.249. The minimum atomic E-state index is -0.838. The Labute approximate surface area is 121 Å². The number of Topliss-reactive ketones (excluding diaryl/α,β-unsaturated/α-hetero) is 1. The smallest absolute Gasteiger partial charge is 0.287 e. The van der Waals surface area contributed by atoms with E-state index in [1.54, 1.807) is 11.9 Å². The van der Waals surface area contributed by atoms with Crippen LogP contribution in [-0.4, -0.2) is 64.6 Å². The van der Waals surface area contributed by atoms with Gasteiger partial charge >= 0.3 is 0 Å². The Hall–Kier alpha value is -1.77. The van der Waals surface area contributed by atoms with Crippen LogP contribution in [0.4, 0.5) is 5.69 Å². The predicted molar refractivity (Wildman–Crippen MR) is 74.3 cm³/mol. The average molecular weight is 297 g/mol. The highest BCUT2D eigenvalue weighted by Gasteiger charge is 2.31. The molecular formula is C13H19N3O5. The van der Waals surface area contributed by atoms with Crippen molar-refractivity contribution in [2.24, 2.45) is 0 Å². The summed E-state index contributed by atoms with van der Waals surface area (Å²) in [6, 6.07) is 1.22. The van der Waals surface area contributed by atoms with Gasteiger partial charge in [0.1, 0.15) is 0 Å². The summed E-state index contributed by atoms with van der Waals surface area (Å²) in [7, 11) is 1.74. The number of nitrogens with one attached hydrogen (secondary N) is 1. The van der Waals surface area contributed by atoms with Crippen LogP contribution in [0.15, 0.2) is 12.3 Å². The zero-order chi connectivity index (χ0) is 15.5. The van der Waals surface area contributed by atoms with Gasteiger partial charge in [0.05, 0.1) is 29.0 Å². The molecule has 0 spiro atoms. The van der Waals surface area contributed by atoms with E-state index in [0.717, 1.165) is 0 Å². The minimum absolute atomic E-state index is 0.0842. The van der Waals surface area contributed by atoms with Crippen LogP contribution in [0.25, 0.3) is 0 Å². The standard InChI is InChI=1S/C13H19N3O5/c1-15(9-13(18)2-4-21-5-3-13)8-12(17)11-6-10(7-14-11)16(19)20/h6-7,14,18H,2-5,8-9H2,1H3. The van der Waals surface area contributed by atoms with Crippen LogP contribution in [0.2, 0.25) is 0 Å². The molecule has 2 heterocycles. The Morgan fingerprint density at radius 2 is 2.24 bits per heavy atom. The van der Waals surface area contributed by atoms with E-state index in [0.29, 0.717) is 32.6 Å². The van der Waals surface area contributed by atoms with Crippen molar-refractivity contribution >= 4 is 11.5 Å². The van der Waals surface area contributed by atoms with Gasteiger partial charge in [0.2, 0.25) is 0 Å². The second kappa shape index (κ2) is 6.33. The number of aromatic amines is 1. The van der Waals surface area contributed by atoms with Gasteiger partial charge in [0, 0.05) is 38.7 Å². The van der Waals surface area contributed by atoms with Gasteiger partial charge in [-0.15, -0.1) is 0 Å². The molecule has 0 amide bonds. The Bertz CT molecular complexity index is 522. The summed E-state index contributed by atoms with van der Waals surface area (Å²) in [6.07, 6.45) is 2.28. The third-order valence-electron chi connectivity index (χ3n) is 3.58. The lowest BCUT2D eigenvalue weighted by atomic mass is 9.94. The normalized spacial score (nSPS) is 17.9. The van der Waals surface area contributed by atoms with Gasteiger partial charge in [-0.1, -0.05) is 0 Å². The van der Waals surface area contributed by atoms with E-state index in [2.05, 4.69) is 4.98 Å². The third-order valence-corrected chi connectivity index (χ3v) is 3.58. The van der Waals surface area contributed by atoms with E-state index in [4.69, 9.17) is 4.74 Å². The lowest BCUT2D eigenvalue weighted by molar-refractivity contribution is -0.384. The van der Waals surface area contributed by atoms with E-state index in [1.165, 1.54) is 12.3 Å². The first-order chi connectivity index (χ1) is 9.89. The maximum absolute atomic E-state index is 12.0. The number of likely N-dealkylation sites (N-methyl/N-ethyl adjacent to an activating group) is 1. The average Bonchev–Trinajstić information content (AvgIpc) is 2.88. The van der Waals surface area contributed by atoms with Crippen molar-refractivity contribution in [1.29, 1.82) is 0 Å². The fourth-order valence-corrected chi connectivity index (χ4v) is 2.45. The number of aromatic nitrogens is 1. The van der Waals surface area contributed by atoms with Crippen molar-refractivity contribution in [3.8, 4) is 0 Å². The number of hydrogen-bond acceptors (Lipinski definition) is 6. The third kappa shape index (κ3) is 4.10. The molecule has 0 saturated carbocycles. The summed E-state index contributed by atoms with van der Waals surface area (Å²) in [5.41, 5.74) is -0.772. The van der Waals surface area contributed by atoms with E-state index in [9.17, 15) is 20.0 Å². The van der Waals surface area contributed by atoms with E-state index >= 15 is 0 Å². The molecule has 0 aliphatic carbocycles. The molecule has 1 aromatic rings. The number of nitro groups is 1. The largest absolute Gasteiger partial charge is 0.388 e. The molecule has 1 aliphatic heterocycles. The van der Waals surface area contributed by atoms with Gasteiger partial charge in [0.15, 0.2) is 5.78 Å². The molecule has 2 rings (SSSR count). The molecule has 1 aliphatic rings. The number of H-pyrrole nitrogens is 1. The summed E-state index contributed by atoms with van der Waals surface area (Å²) in [6.45, 7) is 1.48. The summed E-state index contributed by atoms with van der Waals surface area (Å²) >= 11 is 0. The molecule has 21 heavy (non-hydrogen) atoms. The zero-order valence-corrected chi connectivity index (χ0v) is 11.9. The van der Waals surface area contributed by atoms with E-state index in [-0.39, 0.29) is 23.7 Å². The first kappa shape index (κ1) is 15.6. The van der Waals surface area contributed by atoms with Crippen LogP contribution in [0.5, 0.6) is 0 Å². The topological polar surface area (TPSA) is 109 Å². The van der Waals surface area contributed by atoms with Gasteiger partial charge < -0.3 is 14.8 Å². The van der Waals surface area contributed by atoms with Gasteiger partial charge in [-0.25, -0.2) is 0 Å². The first-order valence-corrected chi connectivity index (χ1v) is 6.74. The van der Waals surface area contributed by atoms with Crippen molar-refractivity contribution in [2.75, 3.05) is 33.4 Å². The maximum atomic E-state index is 12.0. The summed E-state index contributed by atoms with van der Waals surface area (Å²) in [5, 5.41) is 21.0. The lowest BCUT2D eigenvalue weighted by Crippen LogP contribution is -2.46. The van der Waals surface area contributed by atoms with Crippen molar-refractivity contribution < 1.29 is 19.6 Å². The van der Waals surface area contributed by atoms with Crippen LogP contribution >= 0.6 is 0 Å². The number of carbonyl (C=O) groups excluding carboxylic acids is 1. The highest BCUT2D eigenvalue weighted by atomic mass is 16.6. The Morgan fingerprint density at radius 3 is 2.81 bits per heavy atom. The Kier molecular flexibility index (Phi) is 4.71. The van der Waals surface area contributed by atoms with Gasteiger partial charge in [-0.2, -0.15) is 0 Å². The van der Waals surface area contributed by atoms with Crippen molar-refractivity contribution in [1.82, 2.24) is 9.88 Å². The highest BCUT2D eigenvalue weighted by molar-refractivity contribution is 5.96. The second-order valence-corrected chi connectivity index (χ2v) is 5.46. The molecule has 0 aromatic carbocycles. The molecule has 0 bridgehead atoms. The number of hydrogen-bond donors (Lipinski definition) is 2. The quantitative estimate of drug-likeness (QED) is 0.451. The molecule has 1 saturated heterocycles. The predicted octanol–water partition coefficient (Wildman–Crippen LogP) is 0.579. The molecule has 0 atom stereocenters. The number of nitrogens with zero attached hydrogens (tertiary/aromatic N) is 2. The number of carbonyl (C=O) groups is 1. The van der Waals surface area contributed by atoms with Gasteiger partial charge in [-0.05, 0) is 7.05 Å². The fraction of sp³-hybridized carbons (Fsp3) is 0.615. The highest BCUT2D eigenvalue weighted by Crippen LogP contribution is 2.21. The molecule has 8 heteroatoms. The monoisotopic (exact) mass is 297 g/mol. The second-order valence-electron chi connectivity index (χ2n) is 5.46. The van der Waals surface area contributed by atoms with Gasteiger partial charge in [-0.3, -0.25) is 19.8 Å². The Morgan fingerprint density at radius 1 is 1.57 bits per heavy atom. The molecule has 1 aromatic heterocycles. The molecule has 1 fully saturated rings. The molecular weight excluding hydrogens is 278 g/mol. The van der Waals surface area contributed by atoms with Crippen LogP contribution < -0.4 is 0 Å². The van der Waals surface area contributed by atoms with E-state index in [1.807, 2.05) is 0 Å². The van der Waals surface area contributed by atoms with Crippen molar-refractivity contribution in [3.05, 3.63) is 28.1 Å². The first-order valence-electron chi connectivity index (χ1n) is 6.74. The minimum Gasteiger partial charge on any atom is -0.388 e. The molecule has 2 N–H and O–H groups in total. The van der Waals surface area contributed by atoms with Gasteiger partial charge in [0.25, 0.3) is 5.69 Å². The molecule has 0 radical (unpaired) electrons. The molecule has 8 nitrogen and oxygen atoms in total. The fourth-order valence-electron chi connectivity index (χ4n) is 2.45. The SMILES string of the molecule is CN(CC(=O)c1cc([N+](=O)[O-])c[nH]1)CC1(O)CCOCC1. The van der Waals surface area contributed by atoms with Crippen LogP contribution in [-0.2, 0) is 4.74 Å². The molecule has 0 unspecified atom stereocenters. The zero-order valence-electron chi connectivity index (χ0n) is 11.9. The summed E-state index contributed by atoms with van der Waals surface area (Å²) < 4.78 is 5.21. The maximum Gasteiger partial charge on any atom is 0.287 e. The molecule has 116 valence electrons. The summed E-state index contributed by atoms with van der Waals surface area (Å²) in [4.78, 5) is 26.4. The van der Waals surface area contributed by atoms with E-state index < -0.39 is 10.5 Å². The number of ether oxygens (including phenoxy) is 1. The van der Waals surface area contributed by atoms with Crippen molar-refractivity contribution in [2.45, 2.75) is 18.4 Å². The van der Waals surface area contributed by atoms with Crippen LogP contribution in [0.1, 0.15) is 23.3 Å². The van der Waals surface area contributed by atoms with Crippen LogP contribution in [0, 0.1) is 10.1 Å². The Balaban J connectivity index is 1.90. The van der Waals surface area contributed by atoms with Crippen molar-refractivity contribution in [3.63, 3.8) is 0 Å². The number of aliphatic hydroxyl groups is 1. The van der Waals surface area contributed by atoms with Crippen LogP contribution in [0.3, 0.4) is 0 Å². The number of ketones is 1.